The Hall–Kier alpha value is 0.140. The highest BCUT2D eigenvalue weighted by Gasteiger charge is 2.23. The van der Waals surface area contributed by atoms with E-state index in [-0.39, 0.29) is 26.4 Å². The number of unbranched alkanes of at least 4 members (excludes halogenated alkanes) is 5. The number of phosphoric ester groups is 2. The van der Waals surface area contributed by atoms with E-state index >= 15 is 0 Å². The van der Waals surface area contributed by atoms with Crippen molar-refractivity contribution in [1.29, 1.82) is 0 Å². The zero-order valence-corrected chi connectivity index (χ0v) is 21.4. The fourth-order valence-corrected chi connectivity index (χ4v) is 3.70. The van der Waals surface area contributed by atoms with Crippen LogP contribution in [0.4, 0.5) is 0 Å². The van der Waals surface area contributed by atoms with Crippen molar-refractivity contribution in [3.05, 3.63) is 0 Å². The third kappa shape index (κ3) is 21.4. The molecule has 0 saturated heterocycles. The third-order valence-corrected chi connectivity index (χ3v) is 6.12. The van der Waals surface area contributed by atoms with Crippen molar-refractivity contribution in [2.45, 2.75) is 38.5 Å². The Morgan fingerprint density at radius 1 is 0.533 bits per heavy atom. The zero-order chi connectivity index (χ0) is 23.3. The van der Waals surface area contributed by atoms with E-state index in [1.54, 1.807) is 0 Å². The number of quaternary nitrogens is 2. The molecule has 10 nitrogen and oxygen atoms in total. The van der Waals surface area contributed by atoms with Crippen molar-refractivity contribution >= 4 is 15.6 Å². The molecule has 0 spiro atoms. The highest BCUT2D eigenvalue weighted by molar-refractivity contribution is 7.47. The minimum atomic E-state index is -3.97. The van der Waals surface area contributed by atoms with Crippen LogP contribution in [0.3, 0.4) is 0 Å². The first-order chi connectivity index (χ1) is 13.6. The molecule has 0 heterocycles. The molecule has 0 radical (unpaired) electrons. The topological polar surface area (TPSA) is 112 Å². The highest BCUT2D eigenvalue weighted by Crippen LogP contribution is 2.44. The molecule has 0 rings (SSSR count). The molecule has 0 aromatic rings. The molecular weight excluding hydrogens is 434 g/mol. The second-order valence-electron chi connectivity index (χ2n) is 9.42. The van der Waals surface area contributed by atoms with Gasteiger partial charge in [-0.15, -0.1) is 0 Å². The van der Waals surface area contributed by atoms with Gasteiger partial charge in [-0.2, -0.15) is 0 Å². The maximum atomic E-state index is 11.7. The van der Waals surface area contributed by atoms with Gasteiger partial charge in [0.1, 0.15) is 26.3 Å². The summed E-state index contributed by atoms with van der Waals surface area (Å²) in [6, 6.07) is 0. The number of likely N-dealkylation sites (N-methyl/N-ethyl adjacent to an activating group) is 2. The molecule has 12 heteroatoms. The maximum absolute atomic E-state index is 11.7. The fourth-order valence-electron chi connectivity index (χ4n) is 2.21. The van der Waals surface area contributed by atoms with Gasteiger partial charge in [0.2, 0.25) is 0 Å². The summed E-state index contributed by atoms with van der Waals surface area (Å²) in [6.07, 6.45) is 4.96. The van der Waals surface area contributed by atoms with Gasteiger partial charge in [-0.3, -0.25) is 18.1 Å². The molecule has 2 atom stereocenters. The quantitative estimate of drug-likeness (QED) is 0.166. The molecule has 182 valence electrons. The van der Waals surface area contributed by atoms with Gasteiger partial charge in [0.05, 0.1) is 55.5 Å². The molecular formula is C18H44N2O8P2+2. The first-order valence-electron chi connectivity index (χ1n) is 10.5. The Morgan fingerprint density at radius 2 is 0.800 bits per heavy atom. The van der Waals surface area contributed by atoms with Gasteiger partial charge in [-0.05, 0) is 12.8 Å². The number of phosphoric acid groups is 2. The summed E-state index contributed by atoms with van der Waals surface area (Å²) < 4.78 is 44.6. The standard InChI is InChI=1S/C18H42N2O8P2/c1-19(2,3)13-17-27-29(21,22)25-15-11-9-7-8-10-12-16-26-30(23,24)28-18-14-20(4,5)6/h7-18H2,1-6H3/p+2. The zero-order valence-electron chi connectivity index (χ0n) is 19.6. The van der Waals surface area contributed by atoms with Crippen molar-refractivity contribution in [1.82, 2.24) is 0 Å². The number of hydrogen-bond acceptors (Lipinski definition) is 6. The van der Waals surface area contributed by atoms with Crippen molar-refractivity contribution in [3.63, 3.8) is 0 Å². The highest BCUT2D eigenvalue weighted by atomic mass is 31.2. The van der Waals surface area contributed by atoms with Gasteiger partial charge in [0.25, 0.3) is 0 Å². The Bertz CT molecular complexity index is 501. The van der Waals surface area contributed by atoms with Gasteiger partial charge in [-0.1, -0.05) is 25.7 Å². The predicted octanol–water partition coefficient (Wildman–Crippen LogP) is 3.01. The Morgan fingerprint density at radius 3 is 1.10 bits per heavy atom. The lowest BCUT2D eigenvalue weighted by atomic mass is 10.1. The van der Waals surface area contributed by atoms with Gasteiger partial charge in [-0.25, -0.2) is 9.13 Å². The fraction of sp³-hybridized carbons (Fsp3) is 1.00. The van der Waals surface area contributed by atoms with Gasteiger partial charge >= 0.3 is 15.6 Å². The van der Waals surface area contributed by atoms with E-state index in [0.29, 0.717) is 34.9 Å². The lowest BCUT2D eigenvalue weighted by Crippen LogP contribution is -2.37. The molecule has 0 aromatic carbocycles. The van der Waals surface area contributed by atoms with Crippen molar-refractivity contribution in [2.24, 2.45) is 0 Å². The van der Waals surface area contributed by atoms with Gasteiger partial charge in [0, 0.05) is 0 Å². The predicted molar refractivity (Wildman–Crippen MR) is 117 cm³/mol. The van der Waals surface area contributed by atoms with Crippen LogP contribution in [0.2, 0.25) is 0 Å². The maximum Gasteiger partial charge on any atom is 0.472 e. The molecule has 0 amide bonds. The second kappa shape index (κ2) is 14.3. The molecule has 2 N–H and O–H groups in total. The van der Waals surface area contributed by atoms with E-state index in [9.17, 15) is 18.9 Å². The summed E-state index contributed by atoms with van der Waals surface area (Å²) in [6.45, 7) is 1.93. The van der Waals surface area contributed by atoms with E-state index in [1.165, 1.54) is 0 Å². The molecule has 0 aromatic heterocycles. The molecule has 30 heavy (non-hydrogen) atoms. The molecule has 0 fully saturated rings. The van der Waals surface area contributed by atoms with Gasteiger partial charge < -0.3 is 18.8 Å². The van der Waals surface area contributed by atoms with Crippen LogP contribution in [0.25, 0.3) is 0 Å². The van der Waals surface area contributed by atoms with Crippen LogP contribution in [0, 0.1) is 0 Å². The van der Waals surface area contributed by atoms with E-state index in [4.69, 9.17) is 18.1 Å². The Labute approximate surface area is 182 Å². The lowest BCUT2D eigenvalue weighted by Gasteiger charge is -2.24. The summed E-state index contributed by atoms with van der Waals surface area (Å²) in [5.74, 6) is 0. The monoisotopic (exact) mass is 478 g/mol. The molecule has 2 unspecified atom stereocenters. The molecule has 0 aliphatic carbocycles. The van der Waals surface area contributed by atoms with Crippen LogP contribution in [-0.2, 0) is 27.2 Å². The molecule has 0 aliphatic heterocycles. The number of hydrogen-bond donors (Lipinski definition) is 2. The summed E-state index contributed by atoms with van der Waals surface area (Å²) in [5, 5.41) is 0. The van der Waals surface area contributed by atoms with Crippen LogP contribution >= 0.6 is 15.6 Å². The van der Waals surface area contributed by atoms with Crippen molar-refractivity contribution in [2.75, 3.05) is 81.8 Å². The van der Waals surface area contributed by atoms with Crippen LogP contribution in [-0.4, -0.2) is 101 Å². The van der Waals surface area contributed by atoms with E-state index < -0.39 is 15.6 Å². The summed E-state index contributed by atoms with van der Waals surface area (Å²) in [7, 11) is 3.90. The van der Waals surface area contributed by atoms with Crippen LogP contribution in [0.15, 0.2) is 0 Å². The summed E-state index contributed by atoms with van der Waals surface area (Å²) in [4.78, 5) is 19.2. The third-order valence-electron chi connectivity index (χ3n) is 4.08. The Kier molecular flexibility index (Phi) is 14.4. The minimum absolute atomic E-state index is 0.168. The van der Waals surface area contributed by atoms with Gasteiger partial charge in [0.15, 0.2) is 0 Å². The lowest BCUT2D eigenvalue weighted by molar-refractivity contribution is -0.870. The van der Waals surface area contributed by atoms with Crippen molar-refractivity contribution < 1.29 is 46.0 Å². The largest absolute Gasteiger partial charge is 0.472 e. The smallest absolute Gasteiger partial charge is 0.329 e. The first kappa shape index (κ1) is 30.1. The normalized spacial score (nSPS) is 16.9. The van der Waals surface area contributed by atoms with E-state index in [1.807, 2.05) is 42.3 Å². The van der Waals surface area contributed by atoms with Crippen LogP contribution < -0.4 is 0 Å². The average molecular weight is 479 g/mol. The average Bonchev–Trinajstić information content (AvgIpc) is 2.53. The van der Waals surface area contributed by atoms with Crippen molar-refractivity contribution in [3.8, 4) is 0 Å². The number of nitrogens with zero attached hydrogens (tertiary/aromatic N) is 2. The Balaban J connectivity index is 3.61. The molecule has 0 saturated carbocycles. The minimum Gasteiger partial charge on any atom is -0.329 e. The van der Waals surface area contributed by atoms with Crippen LogP contribution in [0.1, 0.15) is 38.5 Å². The first-order valence-corrected chi connectivity index (χ1v) is 13.5. The van der Waals surface area contributed by atoms with E-state index in [0.717, 1.165) is 25.7 Å². The molecule has 0 aliphatic rings. The summed E-state index contributed by atoms with van der Waals surface area (Å²) in [5.41, 5.74) is 0. The SMILES string of the molecule is C[N+](C)(C)CCOP(=O)(O)OCCCCCCCCOP(=O)(O)OCC[N+](C)(C)C. The summed E-state index contributed by atoms with van der Waals surface area (Å²) >= 11 is 0. The number of rotatable bonds is 19. The van der Waals surface area contributed by atoms with E-state index in [2.05, 4.69) is 0 Å². The second-order valence-corrected chi connectivity index (χ2v) is 12.3. The van der Waals surface area contributed by atoms with Crippen LogP contribution in [0.5, 0.6) is 0 Å². The molecule has 0 bridgehead atoms.